The number of nitrogens with one attached hydrogen (secondary N) is 1. The lowest BCUT2D eigenvalue weighted by molar-refractivity contribution is -0.136. The van der Waals surface area contributed by atoms with Crippen LogP contribution in [0.4, 0.5) is 0 Å². The molecule has 0 saturated heterocycles. The van der Waals surface area contributed by atoms with Gasteiger partial charge in [-0.25, -0.2) is 4.79 Å². The average molecular weight is 357 g/mol. The minimum Gasteiger partial charge on any atom is -0.425 e. The Kier molecular flexibility index (Phi) is 4.90. The van der Waals surface area contributed by atoms with E-state index in [-0.39, 0.29) is 5.91 Å². The van der Waals surface area contributed by atoms with Crippen molar-refractivity contribution in [3.8, 4) is 17.1 Å². The summed E-state index contributed by atoms with van der Waals surface area (Å²) in [6.45, 7) is 3.28. The summed E-state index contributed by atoms with van der Waals surface area (Å²) in [6, 6.07) is 9.41. The first-order valence-corrected chi connectivity index (χ1v) is 8.37. The van der Waals surface area contributed by atoms with Gasteiger partial charge in [-0.15, -0.1) is 11.3 Å². The number of esters is 1. The van der Waals surface area contributed by atoms with Crippen LogP contribution in [0.1, 0.15) is 22.5 Å². The normalized spacial score (nSPS) is 11.8. The Hall–Kier alpha value is -3.00. The molecular formula is C17H15N3O4S. The number of aryl methyl sites for hydroxylation is 1. The largest absolute Gasteiger partial charge is 0.425 e. The number of benzene rings is 1. The van der Waals surface area contributed by atoms with Gasteiger partial charge in [-0.1, -0.05) is 11.2 Å². The third-order valence-corrected chi connectivity index (χ3v) is 4.17. The summed E-state index contributed by atoms with van der Waals surface area (Å²) >= 11 is 1.31. The van der Waals surface area contributed by atoms with Crippen LogP contribution in [0.3, 0.4) is 0 Å². The van der Waals surface area contributed by atoms with E-state index in [0.29, 0.717) is 22.3 Å². The Labute approximate surface area is 147 Å². The Balaban J connectivity index is 1.59. The van der Waals surface area contributed by atoms with Crippen LogP contribution in [0.2, 0.25) is 0 Å². The van der Waals surface area contributed by atoms with E-state index in [0.717, 1.165) is 5.56 Å². The van der Waals surface area contributed by atoms with Crippen molar-refractivity contribution >= 4 is 23.2 Å². The average Bonchev–Trinajstić information content (AvgIpc) is 3.27. The number of amides is 1. The topological polar surface area (TPSA) is 94.3 Å². The Bertz CT molecular complexity index is 872. The highest BCUT2D eigenvalue weighted by molar-refractivity contribution is 7.12. The molecule has 2 heterocycles. The van der Waals surface area contributed by atoms with Gasteiger partial charge in [0.15, 0.2) is 0 Å². The van der Waals surface area contributed by atoms with Gasteiger partial charge in [0.25, 0.3) is 5.91 Å². The number of hydrogen-bond donors (Lipinski definition) is 1. The molecule has 0 aliphatic rings. The highest BCUT2D eigenvalue weighted by atomic mass is 32.1. The second-order valence-corrected chi connectivity index (χ2v) is 6.20. The summed E-state index contributed by atoms with van der Waals surface area (Å²) in [5, 5.41) is 8.22. The molecule has 1 aromatic carbocycles. The van der Waals surface area contributed by atoms with Gasteiger partial charge in [0.05, 0.1) is 4.88 Å². The SMILES string of the molecule is Cc1nc(-c2ccc(OC(=O)C(C)NC(=O)c3cccs3)cc2)no1. The van der Waals surface area contributed by atoms with Crippen LogP contribution < -0.4 is 10.1 Å². The first-order chi connectivity index (χ1) is 12.0. The molecule has 0 aliphatic heterocycles. The molecule has 0 fully saturated rings. The molecule has 0 radical (unpaired) electrons. The van der Waals surface area contributed by atoms with Crippen LogP contribution >= 0.6 is 11.3 Å². The fourth-order valence-electron chi connectivity index (χ4n) is 2.03. The zero-order valence-electron chi connectivity index (χ0n) is 13.6. The summed E-state index contributed by atoms with van der Waals surface area (Å²) in [7, 11) is 0. The molecule has 25 heavy (non-hydrogen) atoms. The number of nitrogens with zero attached hydrogens (tertiary/aromatic N) is 2. The summed E-state index contributed by atoms with van der Waals surface area (Å²) in [6.07, 6.45) is 0. The van der Waals surface area contributed by atoms with Gasteiger partial charge in [0.1, 0.15) is 11.8 Å². The molecule has 2 aromatic heterocycles. The first-order valence-electron chi connectivity index (χ1n) is 7.50. The van der Waals surface area contributed by atoms with E-state index in [2.05, 4.69) is 15.5 Å². The Morgan fingerprint density at radius 2 is 2.00 bits per heavy atom. The highest BCUT2D eigenvalue weighted by Crippen LogP contribution is 2.20. The van der Waals surface area contributed by atoms with E-state index in [1.165, 1.54) is 11.3 Å². The monoisotopic (exact) mass is 357 g/mol. The molecule has 0 bridgehead atoms. The highest BCUT2D eigenvalue weighted by Gasteiger charge is 2.19. The van der Waals surface area contributed by atoms with Crippen LogP contribution in [0.15, 0.2) is 46.3 Å². The number of carbonyl (C=O) groups is 2. The molecule has 0 aliphatic carbocycles. The summed E-state index contributed by atoms with van der Waals surface area (Å²) in [4.78, 5) is 28.7. The van der Waals surface area contributed by atoms with Crippen LogP contribution in [0.5, 0.6) is 5.75 Å². The van der Waals surface area contributed by atoms with Gasteiger partial charge in [0.2, 0.25) is 11.7 Å². The molecule has 0 spiro atoms. The van der Waals surface area contributed by atoms with Crippen LogP contribution in [-0.2, 0) is 4.79 Å². The van der Waals surface area contributed by atoms with Gasteiger partial charge < -0.3 is 14.6 Å². The number of rotatable bonds is 5. The second-order valence-electron chi connectivity index (χ2n) is 5.25. The number of hydrogen-bond acceptors (Lipinski definition) is 7. The standard InChI is InChI=1S/C17H15N3O4S/c1-10(18-16(21)14-4-3-9-25-14)17(22)23-13-7-5-12(6-8-13)15-19-11(2)24-20-15/h3-10H,1-2H3,(H,18,21). The second kappa shape index (κ2) is 7.27. The lowest BCUT2D eigenvalue weighted by Gasteiger charge is -2.12. The molecule has 3 rings (SSSR count). The van der Waals surface area contributed by atoms with Crippen molar-refractivity contribution in [2.75, 3.05) is 0 Å². The van der Waals surface area contributed by atoms with E-state index in [9.17, 15) is 9.59 Å². The fraction of sp³-hybridized carbons (Fsp3) is 0.176. The van der Waals surface area contributed by atoms with Crippen LogP contribution in [0.25, 0.3) is 11.4 Å². The van der Waals surface area contributed by atoms with Gasteiger partial charge in [-0.2, -0.15) is 4.98 Å². The van der Waals surface area contributed by atoms with E-state index in [1.807, 2.05) is 0 Å². The van der Waals surface area contributed by atoms with Crippen molar-refractivity contribution in [2.24, 2.45) is 0 Å². The zero-order valence-corrected chi connectivity index (χ0v) is 14.4. The quantitative estimate of drug-likeness (QED) is 0.557. The van der Waals surface area contributed by atoms with Crippen LogP contribution in [0, 0.1) is 6.92 Å². The van der Waals surface area contributed by atoms with Crippen molar-refractivity contribution in [3.63, 3.8) is 0 Å². The van der Waals surface area contributed by atoms with E-state index in [1.54, 1.807) is 55.6 Å². The third kappa shape index (κ3) is 4.10. The molecule has 7 nitrogen and oxygen atoms in total. The maximum Gasteiger partial charge on any atom is 0.333 e. The van der Waals surface area contributed by atoms with E-state index >= 15 is 0 Å². The first kappa shape index (κ1) is 16.8. The molecule has 1 amide bonds. The predicted molar refractivity (Wildman–Crippen MR) is 91.4 cm³/mol. The molecular weight excluding hydrogens is 342 g/mol. The van der Waals surface area contributed by atoms with Gasteiger partial charge in [-0.3, -0.25) is 4.79 Å². The minimum atomic E-state index is -0.769. The molecule has 128 valence electrons. The van der Waals surface area contributed by atoms with Gasteiger partial charge in [0, 0.05) is 12.5 Å². The van der Waals surface area contributed by atoms with E-state index < -0.39 is 12.0 Å². The maximum atomic E-state index is 12.1. The lowest BCUT2D eigenvalue weighted by Crippen LogP contribution is -2.40. The number of carbonyl (C=O) groups excluding carboxylic acids is 2. The maximum absolute atomic E-state index is 12.1. The molecule has 1 N–H and O–H groups in total. The smallest absolute Gasteiger partial charge is 0.333 e. The van der Waals surface area contributed by atoms with E-state index in [4.69, 9.17) is 9.26 Å². The number of ether oxygens (including phenoxy) is 1. The van der Waals surface area contributed by atoms with Crippen LogP contribution in [-0.4, -0.2) is 28.1 Å². The predicted octanol–water partition coefficient (Wildman–Crippen LogP) is 2.83. The van der Waals surface area contributed by atoms with Crippen molar-refractivity contribution < 1.29 is 18.8 Å². The molecule has 8 heteroatoms. The fourth-order valence-corrected chi connectivity index (χ4v) is 2.65. The summed E-state index contributed by atoms with van der Waals surface area (Å²) in [5.74, 6) is 0.453. The summed E-state index contributed by atoms with van der Waals surface area (Å²) < 4.78 is 10.2. The molecule has 0 saturated carbocycles. The van der Waals surface area contributed by atoms with Crippen molar-refractivity contribution in [1.29, 1.82) is 0 Å². The number of thiophene rings is 1. The number of aromatic nitrogens is 2. The van der Waals surface area contributed by atoms with Gasteiger partial charge >= 0.3 is 5.97 Å². The molecule has 3 aromatic rings. The van der Waals surface area contributed by atoms with Crippen molar-refractivity contribution in [3.05, 3.63) is 52.5 Å². The lowest BCUT2D eigenvalue weighted by atomic mass is 10.2. The zero-order chi connectivity index (χ0) is 17.8. The van der Waals surface area contributed by atoms with Gasteiger partial charge in [-0.05, 0) is 42.6 Å². The summed E-state index contributed by atoms with van der Waals surface area (Å²) in [5.41, 5.74) is 0.746. The van der Waals surface area contributed by atoms with Crippen molar-refractivity contribution in [2.45, 2.75) is 19.9 Å². The molecule has 1 atom stereocenters. The van der Waals surface area contributed by atoms with Crippen molar-refractivity contribution in [1.82, 2.24) is 15.5 Å². The Morgan fingerprint density at radius 3 is 2.60 bits per heavy atom. The minimum absolute atomic E-state index is 0.303. The molecule has 1 unspecified atom stereocenters. The third-order valence-electron chi connectivity index (χ3n) is 3.30. The Morgan fingerprint density at radius 1 is 1.24 bits per heavy atom.